The van der Waals surface area contributed by atoms with Gasteiger partial charge in [0.25, 0.3) is 0 Å². The van der Waals surface area contributed by atoms with Gasteiger partial charge in [-0.25, -0.2) is 9.78 Å². The largest absolute Gasteiger partial charge is 0.513 e. The Hall–Kier alpha value is -3.78. The highest BCUT2D eigenvalue weighted by molar-refractivity contribution is 7.17. The van der Waals surface area contributed by atoms with E-state index in [-0.39, 0.29) is 6.61 Å². The fraction of sp³-hybridized carbons (Fsp3) is 0.167. The first-order chi connectivity index (χ1) is 15.6. The van der Waals surface area contributed by atoms with Crippen LogP contribution < -0.4 is 20.5 Å². The van der Waals surface area contributed by atoms with Crippen molar-refractivity contribution >= 4 is 39.1 Å². The van der Waals surface area contributed by atoms with E-state index in [0.29, 0.717) is 18.2 Å². The van der Waals surface area contributed by atoms with Crippen LogP contribution in [0.1, 0.15) is 18.1 Å². The van der Waals surface area contributed by atoms with Crippen molar-refractivity contribution in [3.63, 3.8) is 0 Å². The number of carbonyl (C=O) groups is 1. The van der Waals surface area contributed by atoms with Crippen molar-refractivity contribution in [2.45, 2.75) is 20.1 Å². The maximum Gasteiger partial charge on any atom is 0.513 e. The highest BCUT2D eigenvalue weighted by Gasteiger charge is 2.17. The third-order valence-electron chi connectivity index (χ3n) is 4.69. The Morgan fingerprint density at radius 3 is 2.81 bits per heavy atom. The molecule has 4 rings (SSSR count). The Kier molecular flexibility index (Phi) is 6.72. The molecule has 0 spiro atoms. The minimum Gasteiger partial charge on any atom is -0.489 e. The van der Waals surface area contributed by atoms with Crippen molar-refractivity contribution in [2.75, 3.05) is 17.7 Å². The molecule has 2 aromatic carbocycles. The van der Waals surface area contributed by atoms with Crippen molar-refractivity contribution in [3.05, 3.63) is 77.3 Å². The lowest BCUT2D eigenvalue weighted by molar-refractivity contribution is 0.105. The van der Waals surface area contributed by atoms with Gasteiger partial charge in [0, 0.05) is 29.2 Å². The van der Waals surface area contributed by atoms with Gasteiger partial charge in [-0.3, -0.25) is 0 Å². The number of hydrogen-bond acceptors (Lipinski definition) is 8. The van der Waals surface area contributed by atoms with Gasteiger partial charge in [-0.2, -0.15) is 0 Å². The number of carbonyl (C=O) groups excluding carboxylic acids is 1. The predicted octanol–water partition coefficient (Wildman–Crippen LogP) is 5.60. The van der Waals surface area contributed by atoms with Crippen LogP contribution in [0, 0.1) is 0 Å². The zero-order valence-electron chi connectivity index (χ0n) is 17.5. The van der Waals surface area contributed by atoms with E-state index in [2.05, 4.69) is 22.4 Å². The van der Waals surface area contributed by atoms with Gasteiger partial charge in [0.1, 0.15) is 18.2 Å². The first-order valence-corrected chi connectivity index (χ1v) is 11.0. The molecule has 32 heavy (non-hydrogen) atoms. The maximum absolute atomic E-state index is 11.7. The number of nitrogen functional groups attached to an aromatic ring is 1. The summed E-state index contributed by atoms with van der Waals surface area (Å²) in [5.74, 6) is 1.40. The minimum atomic E-state index is -0.772. The molecule has 0 unspecified atom stereocenters. The van der Waals surface area contributed by atoms with Gasteiger partial charge in [0.15, 0.2) is 5.75 Å². The Labute approximate surface area is 189 Å². The lowest BCUT2D eigenvalue weighted by Crippen LogP contribution is -2.10. The van der Waals surface area contributed by atoms with Gasteiger partial charge in [-0.1, -0.05) is 36.4 Å². The molecular formula is C24H23N3O4S. The molecule has 0 fully saturated rings. The van der Waals surface area contributed by atoms with Crippen LogP contribution in [0.3, 0.4) is 0 Å². The molecule has 4 aromatic rings. The number of hydrogen-bond donors (Lipinski definition) is 2. The fourth-order valence-corrected chi connectivity index (χ4v) is 4.19. The van der Waals surface area contributed by atoms with Crippen molar-refractivity contribution in [1.29, 1.82) is 0 Å². The number of nitrogens with two attached hydrogens (primary N) is 1. The second kappa shape index (κ2) is 10.0. The molecule has 0 amide bonds. The van der Waals surface area contributed by atoms with Gasteiger partial charge >= 0.3 is 6.16 Å². The van der Waals surface area contributed by atoms with E-state index >= 15 is 0 Å². The summed E-state index contributed by atoms with van der Waals surface area (Å²) in [5, 5.41) is 6.05. The van der Waals surface area contributed by atoms with Crippen LogP contribution in [0.5, 0.6) is 11.5 Å². The van der Waals surface area contributed by atoms with Gasteiger partial charge in [-0.05, 0) is 30.0 Å². The molecule has 0 saturated carbocycles. The molecule has 8 heteroatoms. The topological polar surface area (TPSA) is 95.7 Å². The fourth-order valence-electron chi connectivity index (χ4n) is 3.18. The van der Waals surface area contributed by atoms with E-state index in [1.807, 2.05) is 47.8 Å². The Morgan fingerprint density at radius 2 is 2.00 bits per heavy atom. The molecule has 2 heterocycles. The summed E-state index contributed by atoms with van der Waals surface area (Å²) in [6.07, 6.45) is 0.656. The summed E-state index contributed by atoms with van der Waals surface area (Å²) < 4.78 is 16.9. The quantitative estimate of drug-likeness (QED) is 0.338. The van der Waals surface area contributed by atoms with Gasteiger partial charge in [0.05, 0.1) is 17.5 Å². The summed E-state index contributed by atoms with van der Waals surface area (Å²) in [4.78, 5) is 15.9. The van der Waals surface area contributed by atoms with Crippen LogP contribution in [-0.4, -0.2) is 17.7 Å². The van der Waals surface area contributed by atoms with Crippen LogP contribution in [0.15, 0.2) is 66.2 Å². The molecule has 0 atom stereocenters. The van der Waals surface area contributed by atoms with Crippen LogP contribution in [0.4, 0.5) is 16.3 Å². The molecule has 2 aromatic heterocycles. The molecule has 0 saturated heterocycles. The SMILES string of the molecule is CCOC(=O)Oc1cnc(N)c2c(COc3cccc(NCc4ccccc4)c3)csc12. The number of rotatable bonds is 8. The zero-order valence-corrected chi connectivity index (χ0v) is 18.4. The number of anilines is 2. The van der Waals surface area contributed by atoms with E-state index in [4.69, 9.17) is 19.9 Å². The van der Waals surface area contributed by atoms with E-state index < -0.39 is 6.16 Å². The second-order valence-corrected chi connectivity index (χ2v) is 7.79. The Morgan fingerprint density at radius 1 is 1.16 bits per heavy atom. The first kappa shape index (κ1) is 21.5. The number of pyridine rings is 1. The monoisotopic (exact) mass is 449 g/mol. The van der Waals surface area contributed by atoms with Crippen molar-refractivity contribution in [3.8, 4) is 11.5 Å². The summed E-state index contributed by atoms with van der Waals surface area (Å²) in [7, 11) is 0. The number of nitrogens with zero attached hydrogens (tertiary/aromatic N) is 1. The van der Waals surface area contributed by atoms with E-state index in [1.54, 1.807) is 6.92 Å². The molecule has 7 nitrogen and oxygen atoms in total. The smallest absolute Gasteiger partial charge is 0.489 e. The lowest BCUT2D eigenvalue weighted by atomic mass is 10.2. The first-order valence-electron chi connectivity index (χ1n) is 10.1. The normalized spacial score (nSPS) is 10.7. The van der Waals surface area contributed by atoms with Crippen LogP contribution in [0.2, 0.25) is 0 Å². The molecule has 0 bridgehead atoms. The average Bonchev–Trinajstić information content (AvgIpc) is 3.25. The summed E-state index contributed by atoms with van der Waals surface area (Å²) in [6, 6.07) is 18.0. The number of fused-ring (bicyclic) bond motifs is 1. The standard InChI is InChI=1S/C24H23N3O4S/c1-2-29-24(28)31-20-13-27-23(25)21-17(15-32-22(20)21)14-30-19-10-6-9-18(11-19)26-12-16-7-4-3-5-8-16/h3-11,13,15,26H,2,12,14H2,1H3,(H2,25,27). The van der Waals surface area contributed by atoms with Gasteiger partial charge in [0.2, 0.25) is 0 Å². The number of nitrogens with one attached hydrogen (secondary N) is 1. The second-order valence-electron chi connectivity index (χ2n) is 6.91. The molecule has 0 aliphatic heterocycles. The van der Waals surface area contributed by atoms with Crippen LogP contribution in [0.25, 0.3) is 10.1 Å². The molecule has 3 N–H and O–H groups in total. The minimum absolute atomic E-state index is 0.229. The predicted molar refractivity (Wildman–Crippen MR) is 126 cm³/mol. The summed E-state index contributed by atoms with van der Waals surface area (Å²) in [5.41, 5.74) is 9.14. The van der Waals surface area contributed by atoms with Crippen molar-refractivity contribution < 1.29 is 19.0 Å². The molecular weight excluding hydrogens is 426 g/mol. The molecule has 164 valence electrons. The lowest BCUT2D eigenvalue weighted by Gasteiger charge is -2.10. The third kappa shape index (κ3) is 5.09. The molecule has 0 aliphatic carbocycles. The Bertz CT molecular complexity index is 1210. The van der Waals surface area contributed by atoms with Crippen LogP contribution >= 0.6 is 11.3 Å². The maximum atomic E-state index is 11.7. The van der Waals surface area contributed by atoms with Crippen LogP contribution in [-0.2, 0) is 17.9 Å². The van der Waals surface area contributed by atoms with E-state index in [0.717, 1.165) is 33.6 Å². The van der Waals surface area contributed by atoms with E-state index in [1.165, 1.54) is 23.1 Å². The van der Waals surface area contributed by atoms with E-state index in [9.17, 15) is 4.79 Å². The number of aromatic nitrogens is 1. The van der Waals surface area contributed by atoms with Gasteiger partial charge in [-0.15, -0.1) is 11.3 Å². The third-order valence-corrected chi connectivity index (χ3v) is 5.73. The number of benzene rings is 2. The number of thiophene rings is 1. The zero-order chi connectivity index (χ0) is 22.3. The van der Waals surface area contributed by atoms with Crippen molar-refractivity contribution in [1.82, 2.24) is 4.98 Å². The number of ether oxygens (including phenoxy) is 3. The summed E-state index contributed by atoms with van der Waals surface area (Å²) in [6.45, 7) is 2.97. The summed E-state index contributed by atoms with van der Waals surface area (Å²) >= 11 is 1.41. The van der Waals surface area contributed by atoms with Gasteiger partial charge < -0.3 is 25.3 Å². The average molecular weight is 450 g/mol. The molecule has 0 radical (unpaired) electrons. The molecule has 0 aliphatic rings. The van der Waals surface area contributed by atoms with Crippen molar-refractivity contribution in [2.24, 2.45) is 0 Å². The Balaban J connectivity index is 1.46. The highest BCUT2D eigenvalue weighted by Crippen LogP contribution is 2.37. The highest BCUT2D eigenvalue weighted by atomic mass is 32.1.